The summed E-state index contributed by atoms with van der Waals surface area (Å²) in [5.74, 6) is -0.0127. The van der Waals surface area contributed by atoms with Crippen LogP contribution in [-0.4, -0.2) is 22.6 Å². The van der Waals surface area contributed by atoms with Crippen LogP contribution in [0, 0.1) is 6.92 Å². The fourth-order valence-electron chi connectivity index (χ4n) is 3.56. The third-order valence-corrected chi connectivity index (χ3v) is 5.08. The summed E-state index contributed by atoms with van der Waals surface area (Å²) >= 11 is 0. The molecule has 0 aliphatic carbocycles. The molecule has 2 aromatic heterocycles. The van der Waals surface area contributed by atoms with Gasteiger partial charge in [-0.15, -0.1) is 0 Å². The second kappa shape index (κ2) is 8.34. The summed E-state index contributed by atoms with van der Waals surface area (Å²) in [6.07, 6.45) is 0.968. The van der Waals surface area contributed by atoms with E-state index >= 15 is 0 Å². The maximum Gasteiger partial charge on any atom is 0.310 e. The van der Waals surface area contributed by atoms with Crippen LogP contribution in [0.5, 0.6) is 0 Å². The lowest BCUT2D eigenvalue weighted by atomic mass is 10.1. The number of aromatic amines is 1. The van der Waals surface area contributed by atoms with Crippen molar-refractivity contribution >= 4 is 16.8 Å². The van der Waals surface area contributed by atoms with Crippen molar-refractivity contribution in [1.29, 1.82) is 0 Å². The van der Waals surface area contributed by atoms with E-state index in [4.69, 9.17) is 9.62 Å². The Morgan fingerprint density at radius 3 is 2.66 bits per heavy atom. The summed E-state index contributed by atoms with van der Waals surface area (Å²) in [7, 11) is 0. The van der Waals surface area contributed by atoms with Crippen molar-refractivity contribution in [3.63, 3.8) is 0 Å². The first-order valence-electron chi connectivity index (χ1n) is 9.56. The topological polar surface area (TPSA) is 90.3 Å². The van der Waals surface area contributed by atoms with Gasteiger partial charge in [-0.25, -0.2) is 5.48 Å². The first-order valence-corrected chi connectivity index (χ1v) is 9.56. The molecule has 0 saturated heterocycles. The molecule has 0 radical (unpaired) electrons. The van der Waals surface area contributed by atoms with Crippen molar-refractivity contribution in [2.45, 2.75) is 19.9 Å². The van der Waals surface area contributed by atoms with Crippen molar-refractivity contribution in [2.75, 3.05) is 6.54 Å². The van der Waals surface area contributed by atoms with Crippen molar-refractivity contribution in [3.05, 3.63) is 83.2 Å². The van der Waals surface area contributed by atoms with Crippen LogP contribution in [0.3, 0.4) is 0 Å². The van der Waals surface area contributed by atoms with Crippen LogP contribution >= 0.6 is 0 Å². The van der Waals surface area contributed by atoms with Gasteiger partial charge < -0.3 is 14.7 Å². The van der Waals surface area contributed by atoms with Gasteiger partial charge in [0.15, 0.2) is 5.76 Å². The highest BCUT2D eigenvalue weighted by Crippen LogP contribution is 2.23. The van der Waals surface area contributed by atoms with E-state index in [0.717, 1.165) is 25.1 Å². The third-order valence-electron chi connectivity index (χ3n) is 5.08. The molecular weight excluding hydrogens is 366 g/mol. The normalized spacial score (nSPS) is 11.1. The molecule has 0 fully saturated rings. The Labute approximate surface area is 168 Å². The van der Waals surface area contributed by atoms with Crippen LogP contribution in [0.2, 0.25) is 0 Å². The number of furan rings is 1. The maximum atomic E-state index is 11.4. The lowest BCUT2D eigenvalue weighted by Crippen LogP contribution is -2.17. The molecule has 1 amide bonds. The fraction of sp³-hybridized carbons (Fsp3) is 0.174. The molecule has 0 aliphatic heterocycles. The van der Waals surface area contributed by atoms with Gasteiger partial charge in [-0.05, 0) is 49.2 Å². The molecule has 148 valence electrons. The van der Waals surface area contributed by atoms with Crippen LogP contribution in [0.25, 0.3) is 22.2 Å². The van der Waals surface area contributed by atoms with Crippen LogP contribution < -0.4 is 10.8 Å². The van der Waals surface area contributed by atoms with Gasteiger partial charge in [-0.2, -0.15) is 0 Å². The van der Waals surface area contributed by atoms with Gasteiger partial charge in [-0.3, -0.25) is 10.0 Å². The molecule has 4 aromatic rings. The van der Waals surface area contributed by atoms with E-state index in [0.29, 0.717) is 5.76 Å². The SMILES string of the molecule is Cc1[nH]c2ccccc2c1CCNCc1ccc(-c2ccc(C(=O)NO)o2)cc1. The Hall–Kier alpha value is -3.35. The molecule has 4 N–H and O–H groups in total. The van der Waals surface area contributed by atoms with Crippen molar-refractivity contribution in [2.24, 2.45) is 0 Å². The summed E-state index contributed by atoms with van der Waals surface area (Å²) in [5, 5.41) is 13.5. The molecular formula is C23H23N3O3. The molecule has 0 saturated carbocycles. The molecule has 4 rings (SSSR count). The minimum Gasteiger partial charge on any atom is -0.451 e. The number of aryl methyl sites for hydroxylation is 1. The Morgan fingerprint density at radius 2 is 1.86 bits per heavy atom. The molecule has 0 atom stereocenters. The Morgan fingerprint density at radius 1 is 1.07 bits per heavy atom. The highest BCUT2D eigenvalue weighted by Gasteiger charge is 2.11. The first kappa shape index (κ1) is 19.0. The summed E-state index contributed by atoms with van der Waals surface area (Å²) < 4.78 is 5.46. The average molecular weight is 389 g/mol. The number of rotatable bonds is 7. The van der Waals surface area contributed by atoms with Crippen LogP contribution in [-0.2, 0) is 13.0 Å². The average Bonchev–Trinajstić information content (AvgIpc) is 3.36. The predicted octanol–water partition coefficient (Wildman–Crippen LogP) is 4.19. The van der Waals surface area contributed by atoms with E-state index < -0.39 is 5.91 Å². The molecule has 2 heterocycles. The number of para-hydroxylation sites is 1. The number of H-pyrrole nitrogens is 1. The fourth-order valence-corrected chi connectivity index (χ4v) is 3.56. The zero-order chi connectivity index (χ0) is 20.2. The summed E-state index contributed by atoms with van der Waals surface area (Å²) in [6.45, 7) is 3.79. The number of benzene rings is 2. The lowest BCUT2D eigenvalue weighted by Gasteiger charge is -2.06. The number of carbonyl (C=O) groups is 1. The van der Waals surface area contributed by atoms with E-state index in [2.05, 4.69) is 41.5 Å². The van der Waals surface area contributed by atoms with Crippen LogP contribution in [0.1, 0.15) is 27.4 Å². The van der Waals surface area contributed by atoms with E-state index in [1.165, 1.54) is 33.8 Å². The number of amides is 1. The number of hydrogen-bond acceptors (Lipinski definition) is 4. The minimum absolute atomic E-state index is 0.0702. The van der Waals surface area contributed by atoms with Gasteiger partial charge in [0, 0.05) is 28.7 Å². The zero-order valence-electron chi connectivity index (χ0n) is 16.2. The van der Waals surface area contributed by atoms with Crippen molar-refractivity contribution in [3.8, 4) is 11.3 Å². The Bertz CT molecular complexity index is 1130. The third kappa shape index (κ3) is 4.08. The largest absolute Gasteiger partial charge is 0.451 e. The molecule has 0 bridgehead atoms. The maximum absolute atomic E-state index is 11.4. The van der Waals surface area contributed by atoms with E-state index in [1.54, 1.807) is 11.5 Å². The van der Waals surface area contributed by atoms with E-state index in [-0.39, 0.29) is 5.76 Å². The van der Waals surface area contributed by atoms with Crippen molar-refractivity contribution in [1.82, 2.24) is 15.8 Å². The molecule has 6 nitrogen and oxygen atoms in total. The summed E-state index contributed by atoms with van der Waals surface area (Å²) in [6, 6.07) is 19.6. The number of nitrogens with one attached hydrogen (secondary N) is 3. The summed E-state index contributed by atoms with van der Waals surface area (Å²) in [5.41, 5.74) is 7.39. The van der Waals surface area contributed by atoms with Gasteiger partial charge in [0.2, 0.25) is 0 Å². The molecule has 6 heteroatoms. The number of aromatic nitrogens is 1. The first-order chi connectivity index (χ1) is 14.2. The highest BCUT2D eigenvalue weighted by molar-refractivity contribution is 5.91. The summed E-state index contributed by atoms with van der Waals surface area (Å²) in [4.78, 5) is 14.8. The molecule has 0 aliphatic rings. The van der Waals surface area contributed by atoms with Gasteiger partial charge in [0.05, 0.1) is 0 Å². The monoisotopic (exact) mass is 389 g/mol. The lowest BCUT2D eigenvalue weighted by molar-refractivity contribution is 0.0677. The minimum atomic E-state index is -0.664. The van der Waals surface area contributed by atoms with E-state index in [1.807, 2.05) is 24.3 Å². The number of hydrogen-bond donors (Lipinski definition) is 4. The Kier molecular flexibility index (Phi) is 5.46. The molecule has 0 unspecified atom stereocenters. The highest BCUT2D eigenvalue weighted by atomic mass is 16.5. The predicted molar refractivity (Wildman–Crippen MR) is 112 cm³/mol. The molecule has 2 aromatic carbocycles. The van der Waals surface area contributed by atoms with Gasteiger partial charge in [0.1, 0.15) is 5.76 Å². The molecule has 0 spiro atoms. The van der Waals surface area contributed by atoms with E-state index in [9.17, 15) is 4.79 Å². The van der Waals surface area contributed by atoms with Gasteiger partial charge in [0.25, 0.3) is 0 Å². The van der Waals surface area contributed by atoms with Crippen LogP contribution in [0.15, 0.2) is 65.1 Å². The zero-order valence-corrected chi connectivity index (χ0v) is 16.2. The number of fused-ring (bicyclic) bond motifs is 1. The molecule has 29 heavy (non-hydrogen) atoms. The standard InChI is InChI=1S/C23H23N3O3/c1-15-18(19-4-2-3-5-20(19)25-15)12-13-24-14-16-6-8-17(9-7-16)21-10-11-22(29-21)23(27)26-28/h2-11,24-25,28H,12-14H2,1H3,(H,26,27). The number of carbonyl (C=O) groups excluding carboxylic acids is 1. The Balaban J connectivity index is 1.33. The van der Waals surface area contributed by atoms with Crippen LogP contribution in [0.4, 0.5) is 0 Å². The van der Waals surface area contributed by atoms with Gasteiger partial charge >= 0.3 is 5.91 Å². The quantitative estimate of drug-likeness (QED) is 0.217. The number of hydroxylamine groups is 1. The van der Waals surface area contributed by atoms with Gasteiger partial charge in [-0.1, -0.05) is 42.5 Å². The second-order valence-corrected chi connectivity index (χ2v) is 7.00. The smallest absolute Gasteiger partial charge is 0.310 e. The van der Waals surface area contributed by atoms with Crippen molar-refractivity contribution < 1.29 is 14.4 Å². The second-order valence-electron chi connectivity index (χ2n) is 7.00.